The van der Waals surface area contributed by atoms with Gasteiger partial charge < -0.3 is 10.2 Å². The van der Waals surface area contributed by atoms with E-state index in [0.717, 1.165) is 28.0 Å². The van der Waals surface area contributed by atoms with E-state index < -0.39 is 0 Å². The Hall–Kier alpha value is -1.60. The Labute approximate surface area is 157 Å². The maximum Gasteiger partial charge on any atom is 0.233 e. The van der Waals surface area contributed by atoms with Crippen LogP contribution in [-0.4, -0.2) is 38.8 Å². The quantitative estimate of drug-likeness (QED) is 0.780. The number of anilines is 2. The Morgan fingerprint density at radius 1 is 1.24 bits per heavy atom. The first-order valence-electron chi connectivity index (χ1n) is 8.64. The van der Waals surface area contributed by atoms with Gasteiger partial charge in [0.05, 0.1) is 5.75 Å². The third kappa shape index (κ3) is 4.73. The molecule has 1 N–H and O–H groups in total. The van der Waals surface area contributed by atoms with Crippen molar-refractivity contribution in [3.05, 3.63) is 29.8 Å². The molecule has 1 aliphatic heterocycles. The molecule has 1 aromatic carbocycles. The zero-order valence-electron chi connectivity index (χ0n) is 14.9. The van der Waals surface area contributed by atoms with Gasteiger partial charge in [0, 0.05) is 17.8 Å². The summed E-state index contributed by atoms with van der Waals surface area (Å²) in [5.41, 5.74) is 2.21. The number of rotatable bonds is 5. The second kappa shape index (κ2) is 8.19. The van der Waals surface area contributed by atoms with Crippen molar-refractivity contribution in [2.75, 3.05) is 11.1 Å². The number of piperidine rings is 1. The monoisotopic (exact) mass is 376 g/mol. The van der Waals surface area contributed by atoms with E-state index in [1.54, 1.807) is 0 Å². The third-order valence-electron chi connectivity index (χ3n) is 4.51. The zero-order chi connectivity index (χ0) is 17.8. The molecular weight excluding hydrogens is 352 g/mol. The molecule has 1 saturated heterocycles. The largest absolute Gasteiger partial charge is 0.337 e. The fourth-order valence-electron chi connectivity index (χ4n) is 3.19. The third-order valence-corrected chi connectivity index (χ3v) is 6.47. The van der Waals surface area contributed by atoms with E-state index in [0.29, 0.717) is 17.8 Å². The Morgan fingerprint density at radius 2 is 1.92 bits per heavy atom. The molecule has 25 heavy (non-hydrogen) atoms. The fourth-order valence-corrected chi connectivity index (χ4v) is 4.83. The molecule has 2 heterocycles. The minimum atomic E-state index is 0.202. The van der Waals surface area contributed by atoms with E-state index in [1.807, 2.05) is 17.0 Å². The van der Waals surface area contributed by atoms with E-state index in [-0.39, 0.29) is 5.91 Å². The van der Waals surface area contributed by atoms with Crippen LogP contribution in [0.1, 0.15) is 38.7 Å². The number of aryl methyl sites for hydroxylation is 1. The number of carbonyl (C=O) groups is 1. The molecule has 1 aliphatic rings. The summed E-state index contributed by atoms with van der Waals surface area (Å²) < 4.78 is 0.820. The van der Waals surface area contributed by atoms with Gasteiger partial charge in [0.25, 0.3) is 0 Å². The minimum Gasteiger partial charge on any atom is -0.337 e. The number of benzene rings is 1. The van der Waals surface area contributed by atoms with Crippen LogP contribution < -0.4 is 5.32 Å². The maximum absolute atomic E-state index is 12.6. The van der Waals surface area contributed by atoms with Gasteiger partial charge in [-0.2, -0.15) is 0 Å². The van der Waals surface area contributed by atoms with Gasteiger partial charge in [-0.05, 0) is 52.2 Å². The van der Waals surface area contributed by atoms with E-state index in [9.17, 15) is 4.79 Å². The van der Waals surface area contributed by atoms with Crippen molar-refractivity contribution in [3.63, 3.8) is 0 Å². The van der Waals surface area contributed by atoms with E-state index in [1.165, 1.54) is 35.1 Å². The predicted molar refractivity (Wildman–Crippen MR) is 105 cm³/mol. The molecule has 2 atom stereocenters. The van der Waals surface area contributed by atoms with Crippen molar-refractivity contribution in [3.8, 4) is 0 Å². The van der Waals surface area contributed by atoms with Crippen molar-refractivity contribution < 1.29 is 4.79 Å². The second-order valence-electron chi connectivity index (χ2n) is 6.58. The van der Waals surface area contributed by atoms with Crippen LogP contribution in [0.25, 0.3) is 0 Å². The number of nitrogens with zero attached hydrogens (tertiary/aromatic N) is 3. The molecule has 0 bridgehead atoms. The number of thioether (sulfide) groups is 1. The molecule has 0 radical (unpaired) electrons. The van der Waals surface area contributed by atoms with Crippen molar-refractivity contribution in [2.45, 2.75) is 56.5 Å². The molecule has 1 fully saturated rings. The number of hydrogen-bond acceptors (Lipinski definition) is 6. The molecule has 0 unspecified atom stereocenters. The van der Waals surface area contributed by atoms with E-state index in [2.05, 4.69) is 48.4 Å². The number of likely N-dealkylation sites (tertiary alicyclic amines) is 1. The Morgan fingerprint density at radius 3 is 2.60 bits per heavy atom. The molecule has 0 aliphatic carbocycles. The van der Waals surface area contributed by atoms with Gasteiger partial charge in [-0.15, -0.1) is 10.2 Å². The summed E-state index contributed by atoms with van der Waals surface area (Å²) in [6.45, 7) is 6.35. The molecule has 3 rings (SSSR count). The Bertz CT molecular complexity index is 706. The number of nitrogens with one attached hydrogen (secondary N) is 1. The topological polar surface area (TPSA) is 58.1 Å². The van der Waals surface area contributed by atoms with Gasteiger partial charge in [-0.3, -0.25) is 4.79 Å². The smallest absolute Gasteiger partial charge is 0.233 e. The lowest BCUT2D eigenvalue weighted by Gasteiger charge is -2.39. The van der Waals surface area contributed by atoms with Gasteiger partial charge >= 0.3 is 0 Å². The van der Waals surface area contributed by atoms with E-state index in [4.69, 9.17) is 0 Å². The van der Waals surface area contributed by atoms with Gasteiger partial charge in [-0.1, -0.05) is 40.8 Å². The lowest BCUT2D eigenvalue weighted by atomic mass is 9.98. The summed E-state index contributed by atoms with van der Waals surface area (Å²) in [6.07, 6.45) is 3.41. The summed E-state index contributed by atoms with van der Waals surface area (Å²) >= 11 is 2.95. The highest BCUT2D eigenvalue weighted by atomic mass is 32.2. The highest BCUT2D eigenvalue weighted by Gasteiger charge is 2.28. The molecule has 7 heteroatoms. The minimum absolute atomic E-state index is 0.202. The summed E-state index contributed by atoms with van der Waals surface area (Å²) in [5, 5.41) is 12.4. The molecule has 0 spiro atoms. The van der Waals surface area contributed by atoms with Crippen LogP contribution in [0.5, 0.6) is 0 Å². The van der Waals surface area contributed by atoms with Crippen LogP contribution in [0.2, 0.25) is 0 Å². The van der Waals surface area contributed by atoms with Gasteiger partial charge in [0.15, 0.2) is 4.34 Å². The van der Waals surface area contributed by atoms with Crippen LogP contribution in [0.4, 0.5) is 10.8 Å². The van der Waals surface area contributed by atoms with Crippen molar-refractivity contribution in [1.29, 1.82) is 0 Å². The fraction of sp³-hybridized carbons (Fsp3) is 0.500. The standard InChI is InChI=1S/C18H24N4OS2/c1-12-7-9-15(10-8-12)19-17-20-21-18(25-17)24-11-16(23)22-13(2)5-4-6-14(22)3/h7-10,13-14H,4-6,11H2,1-3H3,(H,19,20)/t13-,14+. The highest BCUT2D eigenvalue weighted by molar-refractivity contribution is 8.01. The Balaban J connectivity index is 1.54. The van der Waals surface area contributed by atoms with Gasteiger partial charge in [0.1, 0.15) is 0 Å². The molecule has 1 aromatic heterocycles. The van der Waals surface area contributed by atoms with Crippen molar-refractivity contribution in [1.82, 2.24) is 15.1 Å². The average Bonchev–Trinajstić information content (AvgIpc) is 3.02. The first-order valence-corrected chi connectivity index (χ1v) is 10.4. The maximum atomic E-state index is 12.6. The first kappa shape index (κ1) is 18.2. The summed E-state index contributed by atoms with van der Waals surface area (Å²) in [5.74, 6) is 0.626. The van der Waals surface area contributed by atoms with Gasteiger partial charge in [0.2, 0.25) is 11.0 Å². The van der Waals surface area contributed by atoms with Crippen molar-refractivity contribution >= 4 is 39.8 Å². The normalized spacial score (nSPS) is 20.5. The number of amides is 1. The Kier molecular flexibility index (Phi) is 5.96. The zero-order valence-corrected chi connectivity index (χ0v) is 16.5. The number of aromatic nitrogens is 2. The van der Waals surface area contributed by atoms with Crippen LogP contribution in [0.15, 0.2) is 28.6 Å². The molecule has 0 saturated carbocycles. The SMILES string of the molecule is Cc1ccc(Nc2nnc(SCC(=O)N3[C@H](C)CCC[C@@H]3C)s2)cc1. The van der Waals surface area contributed by atoms with E-state index >= 15 is 0 Å². The predicted octanol–water partition coefficient (Wildman–Crippen LogP) is 4.47. The summed E-state index contributed by atoms with van der Waals surface area (Å²) in [7, 11) is 0. The number of carbonyl (C=O) groups excluding carboxylic acids is 1. The first-order chi connectivity index (χ1) is 12.0. The summed E-state index contributed by atoms with van der Waals surface area (Å²) in [4.78, 5) is 14.6. The highest BCUT2D eigenvalue weighted by Crippen LogP contribution is 2.29. The van der Waals surface area contributed by atoms with Gasteiger partial charge in [-0.25, -0.2) is 0 Å². The summed E-state index contributed by atoms with van der Waals surface area (Å²) in [6, 6.07) is 8.82. The average molecular weight is 377 g/mol. The van der Waals surface area contributed by atoms with Crippen molar-refractivity contribution in [2.24, 2.45) is 0 Å². The van der Waals surface area contributed by atoms with Crippen LogP contribution >= 0.6 is 23.1 Å². The molecule has 2 aromatic rings. The lowest BCUT2D eigenvalue weighted by molar-refractivity contribution is -0.134. The van der Waals surface area contributed by atoms with Crippen LogP contribution in [0, 0.1) is 6.92 Å². The van der Waals surface area contributed by atoms with Crippen LogP contribution in [0.3, 0.4) is 0 Å². The lowest BCUT2D eigenvalue weighted by Crippen LogP contribution is -2.48. The molecule has 1 amide bonds. The molecule has 5 nitrogen and oxygen atoms in total. The second-order valence-corrected chi connectivity index (χ2v) is 8.78. The number of hydrogen-bond donors (Lipinski definition) is 1. The molecule has 134 valence electrons. The van der Waals surface area contributed by atoms with Crippen LogP contribution in [-0.2, 0) is 4.79 Å². The molecular formula is C18H24N4OS2.